The van der Waals surface area contributed by atoms with Crippen molar-refractivity contribution in [2.75, 3.05) is 0 Å². The van der Waals surface area contributed by atoms with Gasteiger partial charge in [-0.3, -0.25) is 4.79 Å². The van der Waals surface area contributed by atoms with Crippen LogP contribution in [0.4, 0.5) is 13.2 Å². The molecule has 0 aliphatic heterocycles. The summed E-state index contributed by atoms with van der Waals surface area (Å²) in [6.45, 7) is 0. The Balaban J connectivity index is 2.48. The topological polar surface area (TPSA) is 17.1 Å². The number of hydrogen-bond acceptors (Lipinski definition) is 1. The lowest BCUT2D eigenvalue weighted by molar-refractivity contribution is -0.137. The molecule has 0 bridgehead atoms. The molecule has 5 heteroatoms. The third-order valence-electron chi connectivity index (χ3n) is 2.58. The maximum absolute atomic E-state index is 12.8. The highest BCUT2D eigenvalue weighted by Gasteiger charge is 2.34. The monoisotopic (exact) mass is 284 g/mol. The summed E-state index contributed by atoms with van der Waals surface area (Å²) in [5.41, 5.74) is -1.13. The molecule has 0 heterocycles. The van der Waals surface area contributed by atoms with E-state index in [-0.39, 0.29) is 11.1 Å². The Labute approximate surface area is 112 Å². The van der Waals surface area contributed by atoms with Crippen molar-refractivity contribution in [3.05, 3.63) is 70.2 Å². The zero-order chi connectivity index (χ0) is 14.0. The highest BCUT2D eigenvalue weighted by Crippen LogP contribution is 2.32. The highest BCUT2D eigenvalue weighted by molar-refractivity contribution is 6.30. The minimum absolute atomic E-state index is 0.168. The van der Waals surface area contributed by atoms with E-state index < -0.39 is 17.5 Å². The predicted molar refractivity (Wildman–Crippen MR) is 66.3 cm³/mol. The van der Waals surface area contributed by atoms with Crippen LogP contribution in [0.3, 0.4) is 0 Å². The molecule has 0 atom stereocenters. The van der Waals surface area contributed by atoms with Crippen molar-refractivity contribution in [3.63, 3.8) is 0 Å². The molecule has 0 saturated carbocycles. The van der Waals surface area contributed by atoms with Gasteiger partial charge in [0.15, 0.2) is 5.78 Å². The lowest BCUT2D eigenvalue weighted by atomic mass is 9.98. The Hall–Kier alpha value is -1.81. The average molecular weight is 285 g/mol. The van der Waals surface area contributed by atoms with Gasteiger partial charge in [-0.1, -0.05) is 29.8 Å². The van der Waals surface area contributed by atoms with Crippen LogP contribution in [0.25, 0.3) is 0 Å². The maximum Gasteiger partial charge on any atom is 0.417 e. The van der Waals surface area contributed by atoms with Gasteiger partial charge in [0.25, 0.3) is 0 Å². The van der Waals surface area contributed by atoms with E-state index in [4.69, 9.17) is 11.6 Å². The molecule has 0 saturated heterocycles. The van der Waals surface area contributed by atoms with Crippen LogP contribution in [0.5, 0.6) is 0 Å². The number of carbonyl (C=O) groups excluding carboxylic acids is 1. The SMILES string of the molecule is O=C(c1ccc(Cl)cc1)c1ccccc1C(F)(F)F. The van der Waals surface area contributed by atoms with Gasteiger partial charge in [0.1, 0.15) is 0 Å². The maximum atomic E-state index is 12.8. The van der Waals surface area contributed by atoms with Gasteiger partial charge in [0.2, 0.25) is 0 Å². The summed E-state index contributed by atoms with van der Waals surface area (Å²) in [5, 5.41) is 0.417. The molecule has 1 nitrogen and oxygen atoms in total. The number of ketones is 1. The third-order valence-corrected chi connectivity index (χ3v) is 2.84. The average Bonchev–Trinajstić information content (AvgIpc) is 2.38. The van der Waals surface area contributed by atoms with Gasteiger partial charge in [-0.05, 0) is 30.3 Å². The van der Waals surface area contributed by atoms with Crippen molar-refractivity contribution in [1.29, 1.82) is 0 Å². The van der Waals surface area contributed by atoms with Crippen LogP contribution in [0.15, 0.2) is 48.5 Å². The molecule has 2 aromatic rings. The van der Waals surface area contributed by atoms with E-state index in [1.54, 1.807) is 0 Å². The summed E-state index contributed by atoms with van der Waals surface area (Å²) in [4.78, 5) is 12.1. The first-order valence-electron chi connectivity index (χ1n) is 5.36. The number of carbonyl (C=O) groups is 1. The number of alkyl halides is 3. The molecule has 0 N–H and O–H groups in total. The second kappa shape index (κ2) is 5.05. The van der Waals surface area contributed by atoms with Crippen molar-refractivity contribution < 1.29 is 18.0 Å². The van der Waals surface area contributed by atoms with Crippen molar-refractivity contribution in [2.45, 2.75) is 6.18 Å². The molecule has 2 rings (SSSR count). The summed E-state index contributed by atoms with van der Waals surface area (Å²) in [7, 11) is 0. The highest BCUT2D eigenvalue weighted by atomic mass is 35.5. The number of benzene rings is 2. The second-order valence-corrected chi connectivity index (χ2v) is 4.32. The normalized spacial score (nSPS) is 11.4. The second-order valence-electron chi connectivity index (χ2n) is 3.88. The van der Waals surface area contributed by atoms with E-state index in [2.05, 4.69) is 0 Å². The van der Waals surface area contributed by atoms with E-state index in [1.165, 1.54) is 42.5 Å². The predicted octanol–water partition coefficient (Wildman–Crippen LogP) is 4.59. The fourth-order valence-corrected chi connectivity index (χ4v) is 1.81. The molecule has 0 radical (unpaired) electrons. The number of hydrogen-bond donors (Lipinski definition) is 0. The summed E-state index contributed by atoms with van der Waals surface area (Å²) >= 11 is 5.67. The molecular weight excluding hydrogens is 277 g/mol. The lowest BCUT2D eigenvalue weighted by Gasteiger charge is -2.11. The van der Waals surface area contributed by atoms with Crippen LogP contribution in [0.2, 0.25) is 5.02 Å². The van der Waals surface area contributed by atoms with Crippen LogP contribution in [-0.2, 0) is 6.18 Å². The van der Waals surface area contributed by atoms with Crippen molar-refractivity contribution >= 4 is 17.4 Å². The van der Waals surface area contributed by atoms with Crippen LogP contribution < -0.4 is 0 Å². The van der Waals surface area contributed by atoms with Crippen molar-refractivity contribution in [1.82, 2.24) is 0 Å². The summed E-state index contributed by atoms with van der Waals surface area (Å²) < 4.78 is 38.4. The largest absolute Gasteiger partial charge is 0.417 e. The van der Waals surface area contributed by atoms with Crippen LogP contribution in [0.1, 0.15) is 21.5 Å². The van der Waals surface area contributed by atoms with Gasteiger partial charge in [-0.25, -0.2) is 0 Å². The quantitative estimate of drug-likeness (QED) is 0.737. The molecular formula is C14H8ClF3O. The Bertz CT molecular complexity index is 603. The number of rotatable bonds is 2. The first kappa shape index (κ1) is 13.6. The summed E-state index contributed by atoms with van der Waals surface area (Å²) in [6, 6.07) is 10.4. The summed E-state index contributed by atoms with van der Waals surface area (Å²) in [6.07, 6.45) is -4.56. The minimum atomic E-state index is -4.56. The first-order valence-corrected chi connectivity index (χ1v) is 5.74. The van der Waals surface area contributed by atoms with Crippen molar-refractivity contribution in [3.8, 4) is 0 Å². The zero-order valence-electron chi connectivity index (χ0n) is 9.54. The Morgan fingerprint density at radius 3 is 2.11 bits per heavy atom. The molecule has 0 unspecified atom stereocenters. The van der Waals surface area contributed by atoms with Gasteiger partial charge < -0.3 is 0 Å². The third kappa shape index (κ3) is 2.96. The Morgan fingerprint density at radius 2 is 1.53 bits per heavy atom. The molecule has 0 aliphatic carbocycles. The summed E-state index contributed by atoms with van der Waals surface area (Å²) in [5.74, 6) is -0.676. The standard InChI is InChI=1S/C14H8ClF3O/c15-10-7-5-9(6-8-10)13(19)11-3-1-2-4-12(11)14(16,17)18/h1-8H. The lowest BCUT2D eigenvalue weighted by Crippen LogP contribution is -2.13. The minimum Gasteiger partial charge on any atom is -0.289 e. The molecule has 2 aromatic carbocycles. The van der Waals surface area contributed by atoms with Gasteiger partial charge in [-0.2, -0.15) is 13.2 Å². The molecule has 0 fully saturated rings. The van der Waals surface area contributed by atoms with Crippen molar-refractivity contribution in [2.24, 2.45) is 0 Å². The smallest absolute Gasteiger partial charge is 0.289 e. The zero-order valence-corrected chi connectivity index (χ0v) is 10.3. The van der Waals surface area contributed by atoms with E-state index >= 15 is 0 Å². The molecule has 0 amide bonds. The van der Waals surface area contributed by atoms with E-state index in [0.717, 1.165) is 6.07 Å². The van der Waals surface area contributed by atoms with Gasteiger partial charge in [-0.15, -0.1) is 0 Å². The molecule has 0 aliphatic rings. The fraction of sp³-hybridized carbons (Fsp3) is 0.0714. The van der Waals surface area contributed by atoms with Crippen LogP contribution >= 0.6 is 11.6 Å². The molecule has 0 spiro atoms. The van der Waals surface area contributed by atoms with Crippen LogP contribution in [-0.4, -0.2) is 5.78 Å². The first-order chi connectivity index (χ1) is 8.89. The molecule has 98 valence electrons. The van der Waals surface area contributed by atoms with E-state index in [0.29, 0.717) is 5.02 Å². The fourth-order valence-electron chi connectivity index (χ4n) is 1.69. The Morgan fingerprint density at radius 1 is 0.947 bits per heavy atom. The van der Waals surface area contributed by atoms with Gasteiger partial charge in [0.05, 0.1) is 5.56 Å². The van der Waals surface area contributed by atoms with Crippen LogP contribution in [0, 0.1) is 0 Å². The van der Waals surface area contributed by atoms with Gasteiger partial charge in [0, 0.05) is 16.1 Å². The van der Waals surface area contributed by atoms with E-state index in [9.17, 15) is 18.0 Å². The number of halogens is 4. The molecule has 19 heavy (non-hydrogen) atoms. The molecule has 0 aromatic heterocycles. The van der Waals surface area contributed by atoms with E-state index in [1.807, 2.05) is 0 Å². The Kier molecular flexibility index (Phi) is 3.62. The van der Waals surface area contributed by atoms with Gasteiger partial charge >= 0.3 is 6.18 Å².